The molecule has 3 N–H and O–H groups in total. The van der Waals surface area contributed by atoms with Crippen LogP contribution < -0.4 is 10.6 Å². The molecule has 27 heavy (non-hydrogen) atoms. The van der Waals surface area contributed by atoms with Gasteiger partial charge < -0.3 is 15.7 Å². The first-order chi connectivity index (χ1) is 12.7. The summed E-state index contributed by atoms with van der Waals surface area (Å²) in [6, 6.07) is 7.31. The van der Waals surface area contributed by atoms with Gasteiger partial charge in [0.25, 0.3) is 5.91 Å². The van der Waals surface area contributed by atoms with E-state index in [0.29, 0.717) is 23.5 Å². The third-order valence-corrected chi connectivity index (χ3v) is 4.76. The van der Waals surface area contributed by atoms with Crippen LogP contribution in [0, 0.1) is 0 Å². The van der Waals surface area contributed by atoms with E-state index >= 15 is 0 Å². The van der Waals surface area contributed by atoms with Crippen molar-refractivity contribution in [3.05, 3.63) is 51.5 Å². The molecule has 0 aliphatic carbocycles. The van der Waals surface area contributed by atoms with Crippen LogP contribution in [0.25, 0.3) is 0 Å². The minimum absolute atomic E-state index is 0.00562. The van der Waals surface area contributed by atoms with Gasteiger partial charge in [0.2, 0.25) is 5.91 Å². The highest BCUT2D eigenvalue weighted by molar-refractivity contribution is 7.09. The van der Waals surface area contributed by atoms with Crippen molar-refractivity contribution in [2.75, 3.05) is 13.1 Å². The number of carboxylic acids is 1. The molecule has 144 valence electrons. The maximum Gasteiger partial charge on any atom is 0.355 e. The molecule has 1 aromatic heterocycles. The SMILES string of the molecule is CC(C)(C)c1ccc(C(=O)NCC(=O)NCCc2nc(C(=O)O)cs2)cc1. The number of hydrogen-bond donors (Lipinski definition) is 3. The van der Waals surface area contributed by atoms with E-state index in [4.69, 9.17) is 5.11 Å². The van der Waals surface area contributed by atoms with Gasteiger partial charge in [0, 0.05) is 23.9 Å². The highest BCUT2D eigenvalue weighted by atomic mass is 32.1. The van der Waals surface area contributed by atoms with Crippen molar-refractivity contribution >= 4 is 29.1 Å². The van der Waals surface area contributed by atoms with Crippen molar-refractivity contribution in [2.24, 2.45) is 0 Å². The zero-order chi connectivity index (χ0) is 20.0. The Bertz CT molecular complexity index is 822. The number of carboxylic acid groups (broad SMARTS) is 1. The molecule has 0 bridgehead atoms. The lowest BCUT2D eigenvalue weighted by Gasteiger charge is -2.19. The number of thiazole rings is 1. The maximum absolute atomic E-state index is 12.1. The fourth-order valence-electron chi connectivity index (χ4n) is 2.28. The van der Waals surface area contributed by atoms with Gasteiger partial charge in [-0.05, 0) is 23.1 Å². The van der Waals surface area contributed by atoms with Gasteiger partial charge in [-0.2, -0.15) is 0 Å². The molecule has 0 aliphatic heterocycles. The number of carbonyl (C=O) groups excluding carboxylic acids is 2. The number of carbonyl (C=O) groups is 3. The van der Waals surface area contributed by atoms with E-state index in [-0.39, 0.29) is 29.5 Å². The average Bonchev–Trinajstić information content (AvgIpc) is 3.08. The van der Waals surface area contributed by atoms with E-state index in [0.717, 1.165) is 5.56 Å². The Kier molecular flexibility index (Phi) is 6.68. The van der Waals surface area contributed by atoms with Gasteiger partial charge >= 0.3 is 5.97 Å². The van der Waals surface area contributed by atoms with Crippen molar-refractivity contribution in [3.63, 3.8) is 0 Å². The molecule has 2 rings (SSSR count). The van der Waals surface area contributed by atoms with Crippen LogP contribution in [0.1, 0.15) is 52.2 Å². The van der Waals surface area contributed by atoms with E-state index in [1.54, 1.807) is 12.1 Å². The van der Waals surface area contributed by atoms with Crippen LogP contribution in [0.4, 0.5) is 0 Å². The molecule has 0 atom stereocenters. The molecule has 0 fully saturated rings. The standard InChI is InChI=1S/C19H23N3O4S/c1-19(2,3)13-6-4-12(5-7-13)17(24)21-10-15(23)20-9-8-16-22-14(11-27-16)18(25)26/h4-7,11H,8-10H2,1-3H3,(H,20,23)(H,21,24)(H,25,26). The minimum atomic E-state index is -1.07. The minimum Gasteiger partial charge on any atom is -0.476 e. The molecule has 8 heteroatoms. The van der Waals surface area contributed by atoms with Crippen LogP contribution in [0.5, 0.6) is 0 Å². The van der Waals surface area contributed by atoms with Crippen LogP contribution in [0.2, 0.25) is 0 Å². The van der Waals surface area contributed by atoms with Gasteiger partial charge in [0.1, 0.15) is 0 Å². The molecule has 1 heterocycles. The fourth-order valence-corrected chi connectivity index (χ4v) is 3.05. The normalized spacial score (nSPS) is 11.1. The molecule has 0 saturated carbocycles. The molecule has 0 radical (unpaired) electrons. The molecule has 1 aromatic carbocycles. The molecular formula is C19H23N3O4S. The average molecular weight is 389 g/mol. The quantitative estimate of drug-likeness (QED) is 0.673. The molecule has 0 unspecified atom stereocenters. The van der Waals surface area contributed by atoms with Crippen LogP contribution in [-0.4, -0.2) is 41.0 Å². The molecule has 2 aromatic rings. The van der Waals surface area contributed by atoms with Crippen LogP contribution in [0.15, 0.2) is 29.6 Å². The zero-order valence-corrected chi connectivity index (χ0v) is 16.4. The third kappa shape index (κ3) is 6.18. The Balaban J connectivity index is 1.74. The Labute approximate surface area is 161 Å². The molecule has 0 saturated heterocycles. The predicted octanol–water partition coefficient (Wildman–Crippen LogP) is 2.23. The van der Waals surface area contributed by atoms with Gasteiger partial charge in [0.05, 0.1) is 11.6 Å². The summed E-state index contributed by atoms with van der Waals surface area (Å²) >= 11 is 1.23. The molecule has 0 aliphatic rings. The summed E-state index contributed by atoms with van der Waals surface area (Å²) in [5.41, 5.74) is 1.65. The summed E-state index contributed by atoms with van der Waals surface area (Å²) in [6.45, 7) is 6.49. The van der Waals surface area contributed by atoms with Crippen LogP contribution >= 0.6 is 11.3 Å². The number of nitrogens with one attached hydrogen (secondary N) is 2. The van der Waals surface area contributed by atoms with Gasteiger partial charge in [-0.3, -0.25) is 9.59 Å². The van der Waals surface area contributed by atoms with Gasteiger partial charge in [-0.25, -0.2) is 9.78 Å². The molecular weight excluding hydrogens is 366 g/mol. The van der Waals surface area contributed by atoms with Gasteiger partial charge in [-0.15, -0.1) is 11.3 Å². The topological polar surface area (TPSA) is 108 Å². The number of amides is 2. The van der Waals surface area contributed by atoms with Crippen molar-refractivity contribution in [2.45, 2.75) is 32.6 Å². The second-order valence-electron chi connectivity index (χ2n) is 7.04. The number of nitrogens with zero attached hydrogens (tertiary/aromatic N) is 1. The number of benzene rings is 1. The van der Waals surface area contributed by atoms with Gasteiger partial charge in [0.15, 0.2) is 5.69 Å². The highest BCUT2D eigenvalue weighted by Gasteiger charge is 2.14. The highest BCUT2D eigenvalue weighted by Crippen LogP contribution is 2.22. The molecule has 2 amide bonds. The predicted molar refractivity (Wildman–Crippen MR) is 103 cm³/mol. The second kappa shape index (κ2) is 8.77. The first-order valence-corrected chi connectivity index (χ1v) is 9.38. The summed E-state index contributed by atoms with van der Waals surface area (Å²) in [7, 11) is 0. The number of hydrogen-bond acceptors (Lipinski definition) is 5. The number of aromatic nitrogens is 1. The summed E-state index contributed by atoms with van der Waals surface area (Å²) in [5, 5.41) is 16.2. The molecule has 7 nitrogen and oxygen atoms in total. The largest absolute Gasteiger partial charge is 0.476 e. The monoisotopic (exact) mass is 389 g/mol. The van der Waals surface area contributed by atoms with E-state index < -0.39 is 5.97 Å². The van der Waals surface area contributed by atoms with E-state index in [1.165, 1.54) is 16.7 Å². The lowest BCUT2D eigenvalue weighted by atomic mass is 9.87. The van der Waals surface area contributed by atoms with E-state index in [9.17, 15) is 14.4 Å². The number of rotatable bonds is 7. The van der Waals surface area contributed by atoms with E-state index in [2.05, 4.69) is 36.4 Å². The second-order valence-corrected chi connectivity index (χ2v) is 7.98. The first-order valence-electron chi connectivity index (χ1n) is 8.50. The van der Waals surface area contributed by atoms with Crippen molar-refractivity contribution in [3.8, 4) is 0 Å². The Morgan fingerprint density at radius 2 is 1.78 bits per heavy atom. The maximum atomic E-state index is 12.1. The lowest BCUT2D eigenvalue weighted by Crippen LogP contribution is -2.37. The first kappa shape index (κ1) is 20.6. The Hall–Kier alpha value is -2.74. The van der Waals surface area contributed by atoms with Crippen LogP contribution in [-0.2, 0) is 16.6 Å². The summed E-state index contributed by atoms with van der Waals surface area (Å²) in [4.78, 5) is 38.7. The third-order valence-electron chi connectivity index (χ3n) is 3.85. The van der Waals surface area contributed by atoms with Crippen molar-refractivity contribution < 1.29 is 19.5 Å². The Morgan fingerprint density at radius 1 is 1.11 bits per heavy atom. The smallest absolute Gasteiger partial charge is 0.355 e. The fraction of sp³-hybridized carbons (Fsp3) is 0.368. The van der Waals surface area contributed by atoms with Crippen LogP contribution in [0.3, 0.4) is 0 Å². The molecule has 0 spiro atoms. The lowest BCUT2D eigenvalue weighted by molar-refractivity contribution is -0.120. The number of aromatic carboxylic acids is 1. The Morgan fingerprint density at radius 3 is 2.33 bits per heavy atom. The van der Waals surface area contributed by atoms with Crippen molar-refractivity contribution in [1.29, 1.82) is 0 Å². The summed E-state index contributed by atoms with van der Waals surface area (Å²) in [5.74, 6) is -1.69. The summed E-state index contributed by atoms with van der Waals surface area (Å²) < 4.78 is 0. The summed E-state index contributed by atoms with van der Waals surface area (Å²) in [6.07, 6.45) is 0.436. The zero-order valence-electron chi connectivity index (χ0n) is 15.5. The van der Waals surface area contributed by atoms with Crippen molar-refractivity contribution in [1.82, 2.24) is 15.6 Å². The van der Waals surface area contributed by atoms with Gasteiger partial charge in [-0.1, -0.05) is 32.9 Å². The van der Waals surface area contributed by atoms with E-state index in [1.807, 2.05) is 12.1 Å².